The second kappa shape index (κ2) is 10.6. The van der Waals surface area contributed by atoms with Crippen LogP contribution in [-0.2, 0) is 9.47 Å². The first kappa shape index (κ1) is 30.9. The summed E-state index contributed by atoms with van der Waals surface area (Å²) in [5.41, 5.74) is 4.13. The second-order valence-corrected chi connectivity index (χ2v) is 16.0. The van der Waals surface area contributed by atoms with Crippen molar-refractivity contribution in [2.75, 3.05) is 13.2 Å². The summed E-state index contributed by atoms with van der Waals surface area (Å²) in [6.07, 6.45) is 10.3. The number of hydrogen-bond acceptors (Lipinski definition) is 5. The Morgan fingerprint density at radius 2 is 1.60 bits per heavy atom. The largest absolute Gasteiger partial charge is 0.478 e. The quantitative estimate of drug-likeness (QED) is 0.243. The maximum Gasteiger partial charge on any atom is 0.335 e. The molecule has 3 saturated carbocycles. The van der Waals surface area contributed by atoms with Crippen molar-refractivity contribution in [2.24, 2.45) is 22.7 Å². The molecule has 2 aromatic rings. The molecule has 7 rings (SSSR count). The first-order chi connectivity index (χ1) is 21.2. The predicted octanol–water partition coefficient (Wildman–Crippen LogP) is 7.60. The summed E-state index contributed by atoms with van der Waals surface area (Å²) in [6, 6.07) is 15.6. The normalized spacial score (nSPS) is 36.9. The zero-order valence-corrected chi connectivity index (χ0v) is 27.1. The minimum absolute atomic E-state index is 0.0214. The standard InChI is InChI=1S/C39H48O6/c1-35(2)23-44-39(45-24-35)19-16-32-33-29(14-18-38(32,43)22-39)31-15-17-37(4,42)36(31,3)21-30(33)27-12-10-25(11-13-27)8-9-26-6-5-7-28(20-26)34(40)41/h5-13,20,29-31,42-43H,14-19,21-24H2,1-4H3,(H,40,41)/b9-8+/t29?,30-,31?,36+,37+,38?/m1/s1. The highest BCUT2D eigenvalue weighted by Gasteiger charge is 2.63. The Kier molecular flexibility index (Phi) is 7.29. The summed E-state index contributed by atoms with van der Waals surface area (Å²) in [7, 11) is 0. The van der Waals surface area contributed by atoms with Gasteiger partial charge in [0, 0.05) is 29.6 Å². The van der Waals surface area contributed by atoms with Gasteiger partial charge in [0.1, 0.15) is 0 Å². The van der Waals surface area contributed by atoms with Gasteiger partial charge >= 0.3 is 5.97 Å². The minimum atomic E-state index is -0.939. The van der Waals surface area contributed by atoms with Crippen LogP contribution in [-0.4, -0.2) is 51.5 Å². The summed E-state index contributed by atoms with van der Waals surface area (Å²) < 4.78 is 12.8. The predicted molar refractivity (Wildman–Crippen MR) is 175 cm³/mol. The molecule has 6 nitrogen and oxygen atoms in total. The van der Waals surface area contributed by atoms with Crippen molar-refractivity contribution in [2.45, 2.75) is 102 Å². The number of benzene rings is 2. The maximum atomic E-state index is 12.4. The van der Waals surface area contributed by atoms with Crippen LogP contribution < -0.4 is 0 Å². The van der Waals surface area contributed by atoms with E-state index in [0.29, 0.717) is 37.9 Å². The number of fused-ring (bicyclic) bond motifs is 4. The van der Waals surface area contributed by atoms with Gasteiger partial charge in [-0.2, -0.15) is 0 Å². The first-order valence-electron chi connectivity index (χ1n) is 16.8. The fourth-order valence-electron chi connectivity index (χ4n) is 9.58. The fraction of sp³-hybridized carbons (Fsp3) is 0.564. The Labute approximate surface area is 267 Å². The van der Waals surface area contributed by atoms with Crippen LogP contribution in [0.2, 0.25) is 0 Å². The van der Waals surface area contributed by atoms with Gasteiger partial charge in [0.15, 0.2) is 5.79 Å². The molecule has 0 radical (unpaired) electrons. The van der Waals surface area contributed by atoms with Crippen LogP contribution >= 0.6 is 0 Å². The Morgan fingerprint density at radius 3 is 2.31 bits per heavy atom. The number of ether oxygens (including phenoxy) is 2. The van der Waals surface area contributed by atoms with E-state index in [4.69, 9.17) is 9.47 Å². The average Bonchev–Trinajstić information content (AvgIpc) is 3.25. The molecule has 1 heterocycles. The monoisotopic (exact) mass is 612 g/mol. The molecular formula is C39H48O6. The lowest BCUT2D eigenvalue weighted by molar-refractivity contribution is -0.322. The van der Waals surface area contributed by atoms with Crippen molar-refractivity contribution >= 4 is 18.1 Å². The van der Waals surface area contributed by atoms with Gasteiger partial charge in [-0.1, -0.05) is 74.9 Å². The van der Waals surface area contributed by atoms with Crippen LogP contribution in [0.4, 0.5) is 0 Å². The molecule has 1 spiro atoms. The van der Waals surface area contributed by atoms with E-state index in [1.54, 1.807) is 18.2 Å². The minimum Gasteiger partial charge on any atom is -0.478 e. The van der Waals surface area contributed by atoms with E-state index in [1.807, 2.05) is 25.1 Å². The van der Waals surface area contributed by atoms with Crippen molar-refractivity contribution in [1.29, 1.82) is 0 Å². The Morgan fingerprint density at radius 1 is 0.889 bits per heavy atom. The van der Waals surface area contributed by atoms with Crippen molar-refractivity contribution in [3.63, 3.8) is 0 Å². The van der Waals surface area contributed by atoms with E-state index in [9.17, 15) is 20.1 Å². The Bertz CT molecular complexity index is 1540. The van der Waals surface area contributed by atoms with Crippen molar-refractivity contribution < 1.29 is 29.6 Å². The van der Waals surface area contributed by atoms with Crippen LogP contribution in [0, 0.1) is 22.7 Å². The lowest BCUT2D eigenvalue weighted by Crippen LogP contribution is -2.58. The second-order valence-electron chi connectivity index (χ2n) is 16.0. The topological polar surface area (TPSA) is 96.2 Å². The molecule has 6 atom stereocenters. The van der Waals surface area contributed by atoms with Crippen LogP contribution in [0.5, 0.6) is 0 Å². The number of carboxylic acids is 1. The van der Waals surface area contributed by atoms with Crippen molar-refractivity contribution in [3.8, 4) is 0 Å². The van der Waals surface area contributed by atoms with Gasteiger partial charge in [-0.3, -0.25) is 0 Å². The zero-order valence-electron chi connectivity index (χ0n) is 27.1. The molecule has 6 heteroatoms. The molecule has 1 saturated heterocycles. The van der Waals surface area contributed by atoms with Crippen LogP contribution in [0.3, 0.4) is 0 Å². The highest BCUT2D eigenvalue weighted by molar-refractivity contribution is 5.88. The van der Waals surface area contributed by atoms with Gasteiger partial charge < -0.3 is 24.8 Å². The first-order valence-corrected chi connectivity index (χ1v) is 16.8. The maximum absolute atomic E-state index is 12.4. The number of aliphatic hydroxyl groups is 2. The van der Waals surface area contributed by atoms with Gasteiger partial charge in [0.25, 0.3) is 0 Å². The SMILES string of the molecule is CC1(C)COC2(CCC3=C4C(CCC3(O)C2)C2CC[C@](C)(O)[C@@]2(C)C[C@@H]4c2ccc(/C=C/c3cccc(C(=O)O)c3)cc2)OC1. The van der Waals surface area contributed by atoms with Crippen molar-refractivity contribution in [3.05, 3.63) is 81.9 Å². The van der Waals surface area contributed by atoms with Gasteiger partial charge in [-0.05, 0) is 91.7 Å². The van der Waals surface area contributed by atoms with E-state index in [1.165, 1.54) is 16.7 Å². The molecular weight excluding hydrogens is 564 g/mol. The van der Waals surface area contributed by atoms with E-state index >= 15 is 0 Å². The van der Waals surface area contributed by atoms with Crippen LogP contribution in [0.25, 0.3) is 12.2 Å². The summed E-state index contributed by atoms with van der Waals surface area (Å²) in [4.78, 5) is 11.4. The molecule has 0 bridgehead atoms. The third-order valence-electron chi connectivity index (χ3n) is 12.4. The van der Waals surface area contributed by atoms with Gasteiger partial charge in [0.2, 0.25) is 0 Å². The average molecular weight is 613 g/mol. The summed E-state index contributed by atoms with van der Waals surface area (Å²) >= 11 is 0. The van der Waals surface area contributed by atoms with Gasteiger partial charge in [-0.25, -0.2) is 4.79 Å². The number of aromatic carboxylic acids is 1. The molecule has 3 unspecified atom stereocenters. The molecule has 3 N–H and O–H groups in total. The van der Waals surface area contributed by atoms with E-state index < -0.39 is 23.0 Å². The van der Waals surface area contributed by atoms with E-state index in [0.717, 1.165) is 49.7 Å². The molecule has 4 fully saturated rings. The Hall–Kier alpha value is -2.77. The Balaban J connectivity index is 1.23. The summed E-state index contributed by atoms with van der Waals surface area (Å²) in [5.74, 6) is -0.777. The highest BCUT2D eigenvalue weighted by atomic mass is 16.7. The number of rotatable bonds is 4. The van der Waals surface area contributed by atoms with E-state index in [2.05, 4.69) is 45.0 Å². The van der Waals surface area contributed by atoms with Gasteiger partial charge in [0.05, 0.1) is 30.0 Å². The number of carboxylic acid groups (broad SMARTS) is 1. The lowest BCUT2D eigenvalue weighted by Gasteiger charge is -2.58. The molecule has 45 heavy (non-hydrogen) atoms. The fourth-order valence-corrected chi connectivity index (χ4v) is 9.58. The summed E-state index contributed by atoms with van der Waals surface area (Å²) in [5, 5.41) is 33.5. The molecule has 0 amide bonds. The van der Waals surface area contributed by atoms with Gasteiger partial charge in [-0.15, -0.1) is 0 Å². The highest BCUT2D eigenvalue weighted by Crippen LogP contribution is 2.67. The molecule has 240 valence electrons. The third-order valence-corrected chi connectivity index (χ3v) is 12.4. The number of hydrogen-bond donors (Lipinski definition) is 3. The summed E-state index contributed by atoms with van der Waals surface area (Å²) in [6.45, 7) is 9.95. The number of allylic oxidation sites excluding steroid dienone is 1. The van der Waals surface area contributed by atoms with Crippen LogP contribution in [0.1, 0.15) is 112 Å². The molecule has 2 aromatic carbocycles. The molecule has 4 aliphatic carbocycles. The third kappa shape index (κ3) is 5.22. The van der Waals surface area contributed by atoms with Crippen molar-refractivity contribution in [1.82, 2.24) is 0 Å². The zero-order chi connectivity index (χ0) is 31.8. The molecule has 5 aliphatic rings. The van der Waals surface area contributed by atoms with Crippen LogP contribution in [0.15, 0.2) is 59.7 Å². The smallest absolute Gasteiger partial charge is 0.335 e. The van der Waals surface area contributed by atoms with E-state index in [-0.39, 0.29) is 22.3 Å². The number of carbonyl (C=O) groups is 1. The molecule has 1 aliphatic heterocycles. The lowest BCUT2D eigenvalue weighted by atomic mass is 9.50. The molecule has 0 aromatic heterocycles.